The predicted molar refractivity (Wildman–Crippen MR) is 124 cm³/mol. The van der Waals surface area contributed by atoms with Crippen molar-refractivity contribution in [3.05, 3.63) is 59.2 Å². The number of aromatic amines is 1. The summed E-state index contributed by atoms with van der Waals surface area (Å²) in [6.45, 7) is 0.924. The van der Waals surface area contributed by atoms with Gasteiger partial charge in [0.05, 0.1) is 23.7 Å². The van der Waals surface area contributed by atoms with Crippen LogP contribution >= 0.6 is 0 Å². The quantitative estimate of drug-likeness (QED) is 0.592. The molecule has 0 atom stereocenters. The normalized spacial score (nSPS) is 21.8. The van der Waals surface area contributed by atoms with Gasteiger partial charge < -0.3 is 24.3 Å². The first kappa shape index (κ1) is 23.4. The number of rotatable bonds is 4. The lowest BCUT2D eigenvalue weighted by Crippen LogP contribution is -2.41. The van der Waals surface area contributed by atoms with Gasteiger partial charge in [-0.25, -0.2) is 8.78 Å². The molecule has 1 saturated carbocycles. The Morgan fingerprint density at radius 2 is 1.94 bits per heavy atom. The molecule has 5 rings (SSSR count). The molecule has 0 bridgehead atoms. The fraction of sp³-hybridized carbons (Fsp3) is 0.400. The Bertz CT molecular complexity index is 1320. The van der Waals surface area contributed by atoms with E-state index in [1.54, 1.807) is 4.90 Å². The molecular weight excluding hydrogens is 458 g/mol. The van der Waals surface area contributed by atoms with Crippen molar-refractivity contribution in [2.24, 2.45) is 4.99 Å². The molecule has 184 valence electrons. The second-order valence-corrected chi connectivity index (χ2v) is 8.92. The van der Waals surface area contributed by atoms with Crippen LogP contribution in [0.3, 0.4) is 0 Å². The first-order chi connectivity index (χ1) is 16.9. The number of amides is 2. The first-order valence-corrected chi connectivity index (χ1v) is 11.7. The fourth-order valence-corrected chi connectivity index (χ4v) is 4.82. The van der Waals surface area contributed by atoms with Crippen molar-refractivity contribution in [2.45, 2.75) is 44.3 Å². The molecule has 3 aromatic rings. The minimum atomic E-state index is -2.68. The van der Waals surface area contributed by atoms with E-state index in [4.69, 9.17) is 4.74 Å². The van der Waals surface area contributed by atoms with E-state index in [9.17, 15) is 23.5 Å². The van der Waals surface area contributed by atoms with Gasteiger partial charge >= 0.3 is 0 Å². The van der Waals surface area contributed by atoms with E-state index in [0.29, 0.717) is 55.7 Å². The van der Waals surface area contributed by atoms with Crippen molar-refractivity contribution in [1.82, 2.24) is 9.55 Å². The number of aliphatic hydroxyl groups is 1. The van der Waals surface area contributed by atoms with Gasteiger partial charge in [-0.3, -0.25) is 9.59 Å². The zero-order valence-corrected chi connectivity index (χ0v) is 19.0. The number of H-pyrrole nitrogens is 1. The first-order valence-electron chi connectivity index (χ1n) is 11.7. The Morgan fingerprint density at radius 1 is 1.14 bits per heavy atom. The van der Waals surface area contributed by atoms with Crippen molar-refractivity contribution in [2.75, 3.05) is 24.7 Å². The number of carbonyl (C=O) groups is 2. The van der Waals surface area contributed by atoms with Crippen molar-refractivity contribution in [1.29, 1.82) is 0 Å². The summed E-state index contributed by atoms with van der Waals surface area (Å²) in [7, 11) is 0. The van der Waals surface area contributed by atoms with Crippen LogP contribution in [0.5, 0.6) is 0 Å². The van der Waals surface area contributed by atoms with E-state index in [-0.39, 0.29) is 35.8 Å². The van der Waals surface area contributed by atoms with Gasteiger partial charge in [0, 0.05) is 29.4 Å². The molecule has 1 aromatic heterocycles. The molecule has 2 aromatic carbocycles. The number of aromatic nitrogens is 2. The summed E-state index contributed by atoms with van der Waals surface area (Å²) in [6.07, 6.45) is -0.353. The minimum Gasteiger partial charge on any atom is -0.393 e. The van der Waals surface area contributed by atoms with Crippen molar-refractivity contribution in [3.8, 4) is 0 Å². The maximum atomic E-state index is 13.1. The smallest absolute Gasteiger partial charge is 0.280 e. The number of fused-ring (bicyclic) bond motifs is 1. The van der Waals surface area contributed by atoms with Crippen molar-refractivity contribution in [3.63, 3.8) is 0 Å². The van der Waals surface area contributed by atoms with Crippen LogP contribution in [0.2, 0.25) is 0 Å². The van der Waals surface area contributed by atoms with Gasteiger partial charge in [0.1, 0.15) is 6.61 Å². The van der Waals surface area contributed by atoms with Crippen LogP contribution in [-0.2, 0) is 9.53 Å². The number of carbonyl (C=O) groups excluding carboxylic acids is 2. The molecule has 2 fully saturated rings. The van der Waals surface area contributed by atoms with E-state index in [2.05, 4.69) is 9.98 Å². The Kier molecular flexibility index (Phi) is 6.48. The summed E-state index contributed by atoms with van der Waals surface area (Å²) in [5.74, 6) is -0.762. The number of hydrogen-bond acceptors (Lipinski definition) is 4. The van der Waals surface area contributed by atoms with Crippen LogP contribution in [0.4, 0.5) is 14.5 Å². The van der Waals surface area contributed by atoms with Crippen molar-refractivity contribution >= 4 is 28.5 Å². The molecule has 2 aliphatic rings. The monoisotopic (exact) mass is 484 g/mol. The summed E-state index contributed by atoms with van der Waals surface area (Å²) in [5.41, 5.74) is 2.35. The van der Waals surface area contributed by atoms with Crippen LogP contribution in [0, 0.1) is 0 Å². The molecule has 2 amide bonds. The van der Waals surface area contributed by atoms with Crippen LogP contribution in [0.1, 0.15) is 54.1 Å². The third-order valence-corrected chi connectivity index (χ3v) is 6.64. The zero-order valence-electron chi connectivity index (χ0n) is 19.0. The zero-order chi connectivity index (χ0) is 24.5. The molecule has 2 heterocycles. The number of morpholine rings is 1. The van der Waals surface area contributed by atoms with Gasteiger partial charge in [-0.1, -0.05) is 12.1 Å². The summed E-state index contributed by atoms with van der Waals surface area (Å²) in [6, 6.07) is 10.9. The van der Waals surface area contributed by atoms with Crippen molar-refractivity contribution < 1.29 is 28.2 Å². The number of hydrogen-bond donors (Lipinski definition) is 2. The molecule has 35 heavy (non-hydrogen) atoms. The van der Waals surface area contributed by atoms with Gasteiger partial charge in [0.25, 0.3) is 18.2 Å². The number of alkyl halides is 2. The van der Waals surface area contributed by atoms with Crippen LogP contribution < -0.4 is 10.5 Å². The summed E-state index contributed by atoms with van der Waals surface area (Å²) >= 11 is 0. The third-order valence-electron chi connectivity index (χ3n) is 6.64. The minimum absolute atomic E-state index is 0.00182. The second-order valence-electron chi connectivity index (χ2n) is 8.92. The Hall–Kier alpha value is -3.37. The Balaban J connectivity index is 1.59. The average Bonchev–Trinajstić information content (AvgIpc) is 3.21. The molecule has 1 saturated heterocycles. The third kappa shape index (κ3) is 4.76. The highest BCUT2D eigenvalue weighted by atomic mass is 19.3. The molecule has 8 nitrogen and oxygen atoms in total. The maximum Gasteiger partial charge on any atom is 0.280 e. The van der Waals surface area contributed by atoms with E-state index in [1.165, 1.54) is 18.2 Å². The lowest BCUT2D eigenvalue weighted by Gasteiger charge is -2.28. The molecule has 0 radical (unpaired) electrons. The van der Waals surface area contributed by atoms with Gasteiger partial charge in [-0.05, 0) is 56.0 Å². The number of imidazole rings is 1. The van der Waals surface area contributed by atoms with Crippen LogP contribution in [-0.4, -0.2) is 52.3 Å². The largest absolute Gasteiger partial charge is 0.393 e. The lowest BCUT2D eigenvalue weighted by atomic mass is 9.93. The maximum absolute atomic E-state index is 13.1. The lowest BCUT2D eigenvalue weighted by molar-refractivity contribution is -0.125. The van der Waals surface area contributed by atoms with Gasteiger partial charge in [-0.15, -0.1) is 0 Å². The van der Waals surface area contributed by atoms with E-state index in [0.717, 1.165) is 11.6 Å². The molecule has 2 N–H and O–H groups in total. The fourth-order valence-electron chi connectivity index (χ4n) is 4.82. The number of anilines is 1. The second kappa shape index (κ2) is 9.71. The molecule has 0 unspecified atom stereocenters. The number of ether oxygens (including phenoxy) is 1. The number of aliphatic hydroxyl groups excluding tert-OH is 1. The topological polar surface area (TPSA) is 99.9 Å². The molecule has 1 aliphatic heterocycles. The van der Waals surface area contributed by atoms with E-state index >= 15 is 0 Å². The van der Waals surface area contributed by atoms with Gasteiger partial charge in [-0.2, -0.15) is 4.99 Å². The van der Waals surface area contributed by atoms with E-state index < -0.39 is 12.3 Å². The van der Waals surface area contributed by atoms with Gasteiger partial charge in [0.2, 0.25) is 5.62 Å². The molecular formula is C25H26F2N4O4. The predicted octanol–water partition coefficient (Wildman–Crippen LogP) is 3.49. The molecule has 10 heteroatoms. The summed E-state index contributed by atoms with van der Waals surface area (Å²) < 4.78 is 33.4. The highest BCUT2D eigenvalue weighted by molar-refractivity contribution is 5.97. The Morgan fingerprint density at radius 3 is 2.69 bits per heavy atom. The number of benzene rings is 2. The number of nitrogens with zero attached hydrogens (tertiary/aromatic N) is 3. The van der Waals surface area contributed by atoms with Gasteiger partial charge in [0.15, 0.2) is 0 Å². The molecule has 0 spiro atoms. The highest BCUT2D eigenvalue weighted by Crippen LogP contribution is 2.31. The van der Waals surface area contributed by atoms with Crippen LogP contribution in [0.15, 0.2) is 47.5 Å². The number of halogens is 2. The average molecular weight is 485 g/mol. The van der Waals surface area contributed by atoms with E-state index in [1.807, 2.05) is 22.8 Å². The standard InChI is InChI=1S/C25H26F2N4O4/c26-23(27)15-2-1-3-16(12-15)24(34)29-25-28-20-13-18(30-10-11-35-14-22(30)33)6-9-21(20)31(25)17-4-7-19(32)8-5-17/h1-3,6,9,12-13,17,19,23,32H,4-5,7-8,10-11,14H2,(H,28,29,34)/t17-,19+. The molecule has 1 aliphatic carbocycles. The SMILES string of the molecule is O=C(/N=c1\[nH]c2cc(N3CCOCC3=O)ccc2n1[C@H]1CC[C@@H](O)CC1)c1cccc(C(F)F)c1. The summed E-state index contributed by atoms with van der Waals surface area (Å²) in [5, 5.41) is 9.97. The summed E-state index contributed by atoms with van der Waals surface area (Å²) in [4.78, 5) is 34.4. The van der Waals surface area contributed by atoms with Crippen LogP contribution in [0.25, 0.3) is 11.0 Å². The Labute approximate surface area is 199 Å². The highest BCUT2D eigenvalue weighted by Gasteiger charge is 2.25. The number of nitrogens with one attached hydrogen (secondary N) is 1.